The van der Waals surface area contributed by atoms with Gasteiger partial charge in [-0.15, -0.1) is 0 Å². The number of nitrogens with two attached hydrogens (primary N) is 1. The molecule has 0 spiro atoms. The molecule has 4 N–H and O–H groups in total. The number of hydrogen-bond donors (Lipinski definition) is 3. The first-order valence-corrected chi connectivity index (χ1v) is 6.28. The first-order chi connectivity index (χ1) is 8.06. The largest absolute Gasteiger partial charge is 0.397 e. The minimum atomic E-state index is 0.206. The van der Waals surface area contributed by atoms with Gasteiger partial charge in [-0.05, 0) is 43.5 Å². The zero-order valence-electron chi connectivity index (χ0n) is 11.5. The number of aliphatic hydroxyl groups excluding tert-OH is 1. The second-order valence-corrected chi connectivity index (χ2v) is 4.23. The van der Waals surface area contributed by atoms with Crippen LogP contribution in [0.1, 0.15) is 37.8 Å². The Morgan fingerprint density at radius 3 is 2.24 bits per heavy atom. The van der Waals surface area contributed by atoms with E-state index in [1.165, 1.54) is 17.5 Å². The van der Waals surface area contributed by atoms with Gasteiger partial charge in [-0.3, -0.25) is 0 Å². The summed E-state index contributed by atoms with van der Waals surface area (Å²) in [7, 11) is 0. The summed E-state index contributed by atoms with van der Waals surface area (Å²) in [5, 5.41) is 11.8. The van der Waals surface area contributed by atoms with Crippen LogP contribution in [0, 0.1) is 13.8 Å². The molecule has 0 radical (unpaired) electrons. The van der Waals surface area contributed by atoms with Crippen molar-refractivity contribution in [2.24, 2.45) is 0 Å². The number of anilines is 2. The lowest BCUT2D eigenvalue weighted by Crippen LogP contribution is -2.06. The Morgan fingerprint density at radius 1 is 1.18 bits per heavy atom. The Labute approximate surface area is 105 Å². The summed E-state index contributed by atoms with van der Waals surface area (Å²) >= 11 is 0. The molecular weight excluding hydrogens is 212 g/mol. The lowest BCUT2D eigenvalue weighted by Gasteiger charge is -2.11. The minimum absolute atomic E-state index is 0.206. The van der Waals surface area contributed by atoms with Crippen LogP contribution in [-0.4, -0.2) is 18.3 Å². The summed E-state index contributed by atoms with van der Waals surface area (Å²) in [6.45, 7) is 9.32. The Bertz CT molecular complexity index is 324. The Morgan fingerprint density at radius 2 is 1.71 bits per heavy atom. The maximum Gasteiger partial charge on any atom is 0.0576 e. The number of hydrogen-bond acceptors (Lipinski definition) is 3. The van der Waals surface area contributed by atoms with Gasteiger partial charge in [-0.2, -0.15) is 0 Å². The van der Waals surface area contributed by atoms with Gasteiger partial charge >= 0.3 is 0 Å². The number of benzene rings is 1. The van der Waals surface area contributed by atoms with Gasteiger partial charge in [0.2, 0.25) is 0 Å². The van der Waals surface area contributed by atoms with Crippen molar-refractivity contribution in [3.63, 3.8) is 0 Å². The molecule has 1 aromatic rings. The molecule has 0 saturated heterocycles. The molecule has 1 aromatic carbocycles. The SMILES string of the molecule is CCC.Cc1cc(N)c(NCCCO)cc1C. The number of rotatable bonds is 4. The molecule has 17 heavy (non-hydrogen) atoms. The Balaban J connectivity index is 0.000000770. The molecule has 0 aliphatic rings. The highest BCUT2D eigenvalue weighted by atomic mass is 16.3. The Kier molecular flexibility index (Phi) is 8.24. The van der Waals surface area contributed by atoms with Gasteiger partial charge in [-0.25, -0.2) is 0 Å². The molecular formula is C14H26N2O. The van der Waals surface area contributed by atoms with Crippen LogP contribution >= 0.6 is 0 Å². The second-order valence-electron chi connectivity index (χ2n) is 4.23. The first kappa shape index (κ1) is 15.8. The highest BCUT2D eigenvalue weighted by Gasteiger charge is 2.01. The number of nitrogens with one attached hydrogen (secondary N) is 1. The maximum absolute atomic E-state index is 8.64. The predicted molar refractivity (Wildman–Crippen MR) is 76.5 cm³/mol. The molecule has 0 aromatic heterocycles. The van der Waals surface area contributed by atoms with Gasteiger partial charge in [0.25, 0.3) is 0 Å². The zero-order chi connectivity index (χ0) is 13.3. The van der Waals surface area contributed by atoms with E-state index < -0.39 is 0 Å². The topological polar surface area (TPSA) is 58.3 Å². The number of aryl methyl sites for hydroxylation is 2. The van der Waals surface area contributed by atoms with Gasteiger partial charge < -0.3 is 16.2 Å². The van der Waals surface area contributed by atoms with Crippen LogP contribution in [0.2, 0.25) is 0 Å². The smallest absolute Gasteiger partial charge is 0.0576 e. The molecule has 0 atom stereocenters. The fourth-order valence-electron chi connectivity index (χ4n) is 1.29. The summed E-state index contributed by atoms with van der Waals surface area (Å²) in [6, 6.07) is 4.01. The molecule has 0 aliphatic carbocycles. The summed E-state index contributed by atoms with van der Waals surface area (Å²) in [5.74, 6) is 0. The van der Waals surface area contributed by atoms with Crippen LogP contribution in [-0.2, 0) is 0 Å². The van der Waals surface area contributed by atoms with E-state index in [0.29, 0.717) is 0 Å². The van der Waals surface area contributed by atoms with Crippen LogP contribution in [0.15, 0.2) is 12.1 Å². The highest BCUT2D eigenvalue weighted by molar-refractivity contribution is 5.68. The van der Waals surface area contributed by atoms with Crippen LogP contribution in [0.4, 0.5) is 11.4 Å². The van der Waals surface area contributed by atoms with Gasteiger partial charge in [0.1, 0.15) is 0 Å². The third kappa shape index (κ3) is 6.17. The number of nitrogen functional groups attached to an aromatic ring is 1. The van der Waals surface area contributed by atoms with E-state index in [4.69, 9.17) is 10.8 Å². The summed E-state index contributed by atoms with van der Waals surface area (Å²) in [4.78, 5) is 0. The maximum atomic E-state index is 8.64. The molecule has 0 bridgehead atoms. The van der Waals surface area contributed by atoms with E-state index >= 15 is 0 Å². The van der Waals surface area contributed by atoms with Crippen LogP contribution < -0.4 is 11.1 Å². The van der Waals surface area contributed by atoms with Gasteiger partial charge in [0, 0.05) is 13.2 Å². The molecule has 0 heterocycles. The van der Waals surface area contributed by atoms with Gasteiger partial charge in [-0.1, -0.05) is 20.3 Å². The standard InChI is InChI=1S/C11H18N2O.C3H8/c1-8-6-10(12)11(7-9(8)2)13-4-3-5-14;1-3-2/h6-7,13-14H,3-5,12H2,1-2H3;3H2,1-2H3. The average Bonchev–Trinajstić information content (AvgIpc) is 2.27. The van der Waals surface area contributed by atoms with E-state index in [0.717, 1.165) is 24.3 Å². The monoisotopic (exact) mass is 238 g/mol. The van der Waals surface area contributed by atoms with Crippen molar-refractivity contribution in [2.75, 3.05) is 24.2 Å². The van der Waals surface area contributed by atoms with Crippen LogP contribution in [0.25, 0.3) is 0 Å². The van der Waals surface area contributed by atoms with Gasteiger partial charge in [0.05, 0.1) is 11.4 Å². The Hall–Kier alpha value is -1.22. The molecule has 0 saturated carbocycles. The molecule has 98 valence electrons. The van der Waals surface area contributed by atoms with E-state index in [1.807, 2.05) is 19.1 Å². The summed E-state index contributed by atoms with van der Waals surface area (Å²) in [5.41, 5.74) is 10.0. The lowest BCUT2D eigenvalue weighted by atomic mass is 10.1. The van der Waals surface area contributed by atoms with Crippen LogP contribution in [0.3, 0.4) is 0 Å². The fourth-order valence-corrected chi connectivity index (χ4v) is 1.29. The fraction of sp³-hybridized carbons (Fsp3) is 0.571. The zero-order valence-corrected chi connectivity index (χ0v) is 11.5. The van der Waals surface area contributed by atoms with Crippen molar-refractivity contribution >= 4 is 11.4 Å². The minimum Gasteiger partial charge on any atom is -0.397 e. The molecule has 3 nitrogen and oxygen atoms in total. The van der Waals surface area contributed by atoms with Crippen molar-refractivity contribution in [1.82, 2.24) is 0 Å². The molecule has 3 heteroatoms. The summed E-state index contributed by atoms with van der Waals surface area (Å²) in [6.07, 6.45) is 1.99. The molecule has 0 unspecified atom stereocenters. The number of aliphatic hydroxyl groups is 1. The van der Waals surface area contributed by atoms with Crippen molar-refractivity contribution in [1.29, 1.82) is 0 Å². The molecule has 0 amide bonds. The van der Waals surface area contributed by atoms with Crippen molar-refractivity contribution in [3.8, 4) is 0 Å². The first-order valence-electron chi connectivity index (χ1n) is 6.28. The normalized spacial score (nSPS) is 9.47. The quantitative estimate of drug-likeness (QED) is 0.558. The van der Waals surface area contributed by atoms with Crippen molar-refractivity contribution in [2.45, 2.75) is 40.5 Å². The third-order valence-electron chi connectivity index (χ3n) is 2.32. The second kappa shape index (κ2) is 8.88. The van der Waals surface area contributed by atoms with Crippen molar-refractivity contribution in [3.05, 3.63) is 23.3 Å². The van der Waals surface area contributed by atoms with E-state index in [2.05, 4.69) is 26.1 Å². The van der Waals surface area contributed by atoms with Crippen LogP contribution in [0.5, 0.6) is 0 Å². The summed E-state index contributed by atoms with van der Waals surface area (Å²) < 4.78 is 0. The average molecular weight is 238 g/mol. The predicted octanol–water partition coefficient (Wildman–Crippen LogP) is 3.10. The van der Waals surface area contributed by atoms with E-state index in [9.17, 15) is 0 Å². The molecule has 0 fully saturated rings. The third-order valence-corrected chi connectivity index (χ3v) is 2.32. The molecule has 0 aliphatic heterocycles. The van der Waals surface area contributed by atoms with Gasteiger partial charge in [0.15, 0.2) is 0 Å². The van der Waals surface area contributed by atoms with Crippen molar-refractivity contribution < 1.29 is 5.11 Å². The molecule has 1 rings (SSSR count). The highest BCUT2D eigenvalue weighted by Crippen LogP contribution is 2.22. The van der Waals surface area contributed by atoms with E-state index in [1.54, 1.807) is 0 Å². The van der Waals surface area contributed by atoms with E-state index in [-0.39, 0.29) is 6.61 Å². The lowest BCUT2D eigenvalue weighted by molar-refractivity contribution is 0.292.